The number of carbonyl (C=O) groups is 3. The molecular formula is C28H28ClN3O4. The van der Waals surface area contributed by atoms with E-state index in [-0.39, 0.29) is 24.4 Å². The molecule has 3 amide bonds. The van der Waals surface area contributed by atoms with Crippen molar-refractivity contribution in [1.29, 1.82) is 0 Å². The molecule has 0 aliphatic carbocycles. The molecule has 186 valence electrons. The minimum Gasteiger partial charge on any atom is -0.438 e. The van der Waals surface area contributed by atoms with Gasteiger partial charge in [0.05, 0.1) is 6.54 Å². The number of carbonyl (C=O) groups excluding carboxylic acids is 3. The maximum Gasteiger partial charge on any atom is 0.411 e. The number of cyclic esters (lactones) is 1. The Hall–Kier alpha value is -3.84. The molecule has 0 bridgehead atoms. The van der Waals surface area contributed by atoms with Gasteiger partial charge in [-0.2, -0.15) is 0 Å². The second kappa shape index (κ2) is 11.3. The highest BCUT2D eigenvalue weighted by atomic mass is 35.5. The molecule has 1 fully saturated rings. The Balaban J connectivity index is 1.61. The van der Waals surface area contributed by atoms with Crippen LogP contribution < -0.4 is 10.6 Å². The molecule has 3 atom stereocenters. The minimum atomic E-state index is -0.870. The number of amides is 3. The summed E-state index contributed by atoms with van der Waals surface area (Å²) in [6.45, 7) is 4.13. The number of benzene rings is 3. The molecule has 0 aromatic heterocycles. The van der Waals surface area contributed by atoms with Crippen molar-refractivity contribution in [3.05, 3.63) is 101 Å². The van der Waals surface area contributed by atoms with E-state index in [4.69, 9.17) is 16.3 Å². The van der Waals surface area contributed by atoms with Crippen LogP contribution in [0.4, 0.5) is 10.5 Å². The third kappa shape index (κ3) is 5.86. The summed E-state index contributed by atoms with van der Waals surface area (Å²) in [5.74, 6) is -0.612. The molecule has 1 heterocycles. The van der Waals surface area contributed by atoms with Crippen LogP contribution in [-0.2, 0) is 16.1 Å². The standard InChI is InChI=1S/C28H28ClN3O4/c1-3-18(2)30-27(34)24-25(36-28(35)32(24)17-19-9-5-4-6-10-19)20-11-8-14-23(16-20)31-26(33)21-12-7-13-22(29)15-21/h4-16,18,24-25H,3,17H2,1-2H3,(H,30,34)(H,31,33)/t18-,24-,25+/m0/s1. The zero-order valence-corrected chi connectivity index (χ0v) is 20.9. The molecule has 1 aliphatic rings. The Bertz CT molecular complexity index is 1250. The highest BCUT2D eigenvalue weighted by Gasteiger charge is 2.47. The second-order valence-corrected chi connectivity index (χ2v) is 9.21. The fourth-order valence-corrected chi connectivity index (χ4v) is 4.24. The number of hydrogen-bond donors (Lipinski definition) is 2. The summed E-state index contributed by atoms with van der Waals surface area (Å²) in [5.41, 5.74) is 2.42. The van der Waals surface area contributed by atoms with Crippen LogP contribution in [0, 0.1) is 0 Å². The molecule has 8 heteroatoms. The molecule has 3 aromatic rings. The number of nitrogens with zero attached hydrogens (tertiary/aromatic N) is 1. The highest BCUT2D eigenvalue weighted by molar-refractivity contribution is 6.31. The van der Waals surface area contributed by atoms with E-state index in [2.05, 4.69) is 10.6 Å². The Morgan fingerprint density at radius 1 is 1.03 bits per heavy atom. The van der Waals surface area contributed by atoms with Crippen LogP contribution in [-0.4, -0.2) is 34.9 Å². The SMILES string of the molecule is CC[C@H](C)NC(=O)[C@@H]1[C@@H](c2cccc(NC(=O)c3cccc(Cl)c3)c2)OC(=O)N1Cc1ccccc1. The molecule has 36 heavy (non-hydrogen) atoms. The Morgan fingerprint density at radius 3 is 2.50 bits per heavy atom. The molecular weight excluding hydrogens is 478 g/mol. The van der Waals surface area contributed by atoms with Crippen molar-refractivity contribution in [2.75, 3.05) is 5.32 Å². The molecule has 7 nitrogen and oxygen atoms in total. The number of hydrogen-bond acceptors (Lipinski definition) is 4. The monoisotopic (exact) mass is 505 g/mol. The molecule has 0 unspecified atom stereocenters. The van der Waals surface area contributed by atoms with Crippen LogP contribution in [0.15, 0.2) is 78.9 Å². The van der Waals surface area contributed by atoms with Gasteiger partial charge in [0.25, 0.3) is 5.91 Å². The van der Waals surface area contributed by atoms with E-state index in [0.717, 1.165) is 12.0 Å². The molecule has 1 saturated heterocycles. The second-order valence-electron chi connectivity index (χ2n) is 8.77. The molecule has 1 aliphatic heterocycles. The predicted molar refractivity (Wildman–Crippen MR) is 139 cm³/mol. The van der Waals surface area contributed by atoms with Gasteiger partial charge in [-0.3, -0.25) is 14.5 Å². The van der Waals surface area contributed by atoms with Crippen LogP contribution in [0.3, 0.4) is 0 Å². The Labute approximate surface area is 215 Å². The lowest BCUT2D eigenvalue weighted by molar-refractivity contribution is -0.127. The fourth-order valence-electron chi connectivity index (χ4n) is 4.05. The number of halogens is 1. The summed E-state index contributed by atoms with van der Waals surface area (Å²) in [6, 6.07) is 22.2. The number of rotatable bonds is 8. The first-order valence-electron chi connectivity index (χ1n) is 11.8. The van der Waals surface area contributed by atoms with Gasteiger partial charge in [-0.05, 0) is 54.8 Å². The van der Waals surface area contributed by atoms with Gasteiger partial charge in [0, 0.05) is 22.3 Å². The van der Waals surface area contributed by atoms with Gasteiger partial charge in [-0.25, -0.2) is 4.79 Å². The number of ether oxygens (including phenoxy) is 1. The highest BCUT2D eigenvalue weighted by Crippen LogP contribution is 2.35. The smallest absolute Gasteiger partial charge is 0.411 e. The Morgan fingerprint density at radius 2 is 1.78 bits per heavy atom. The van der Waals surface area contributed by atoms with E-state index in [9.17, 15) is 14.4 Å². The maximum absolute atomic E-state index is 13.4. The summed E-state index contributed by atoms with van der Waals surface area (Å²) < 4.78 is 5.74. The topological polar surface area (TPSA) is 87.7 Å². The first kappa shape index (κ1) is 25.3. The third-order valence-corrected chi connectivity index (χ3v) is 6.35. The van der Waals surface area contributed by atoms with Crippen molar-refractivity contribution in [1.82, 2.24) is 10.2 Å². The van der Waals surface area contributed by atoms with Crippen molar-refractivity contribution >= 4 is 35.2 Å². The van der Waals surface area contributed by atoms with Crippen molar-refractivity contribution in [2.45, 2.75) is 45.0 Å². The van der Waals surface area contributed by atoms with Crippen molar-refractivity contribution < 1.29 is 19.1 Å². The molecule has 3 aromatic carbocycles. The van der Waals surface area contributed by atoms with Gasteiger partial charge in [-0.1, -0.05) is 67.1 Å². The zero-order chi connectivity index (χ0) is 25.7. The number of nitrogens with one attached hydrogen (secondary N) is 2. The first-order valence-corrected chi connectivity index (χ1v) is 12.2. The van der Waals surface area contributed by atoms with Gasteiger partial charge in [0.2, 0.25) is 5.91 Å². The largest absolute Gasteiger partial charge is 0.438 e. The molecule has 2 N–H and O–H groups in total. The van der Waals surface area contributed by atoms with Crippen molar-refractivity contribution in [3.8, 4) is 0 Å². The van der Waals surface area contributed by atoms with Gasteiger partial charge in [0.15, 0.2) is 12.1 Å². The van der Waals surface area contributed by atoms with Gasteiger partial charge in [0.1, 0.15) is 0 Å². The summed E-state index contributed by atoms with van der Waals surface area (Å²) in [6.07, 6.45) is -0.656. The lowest BCUT2D eigenvalue weighted by atomic mass is 9.99. The molecule has 4 rings (SSSR count). The van der Waals surface area contributed by atoms with E-state index in [1.54, 1.807) is 48.5 Å². The zero-order valence-electron chi connectivity index (χ0n) is 20.1. The van der Waals surface area contributed by atoms with E-state index in [0.29, 0.717) is 21.8 Å². The maximum atomic E-state index is 13.4. The first-order chi connectivity index (χ1) is 17.4. The predicted octanol–water partition coefficient (Wildman–Crippen LogP) is 5.57. The van der Waals surface area contributed by atoms with Gasteiger partial charge >= 0.3 is 6.09 Å². The van der Waals surface area contributed by atoms with Crippen LogP contribution in [0.1, 0.15) is 47.9 Å². The normalized spacial score (nSPS) is 17.9. The lowest BCUT2D eigenvalue weighted by Crippen LogP contribution is -2.48. The molecule has 0 saturated carbocycles. The van der Waals surface area contributed by atoms with E-state index in [1.807, 2.05) is 44.2 Å². The van der Waals surface area contributed by atoms with Gasteiger partial charge in [-0.15, -0.1) is 0 Å². The molecule has 0 spiro atoms. The summed E-state index contributed by atoms with van der Waals surface area (Å²) >= 11 is 6.01. The fraction of sp³-hybridized carbons (Fsp3) is 0.250. The third-order valence-electron chi connectivity index (χ3n) is 6.11. The van der Waals surface area contributed by atoms with E-state index in [1.165, 1.54) is 4.90 Å². The summed E-state index contributed by atoms with van der Waals surface area (Å²) in [7, 11) is 0. The summed E-state index contributed by atoms with van der Waals surface area (Å²) in [4.78, 5) is 40.5. The van der Waals surface area contributed by atoms with Crippen LogP contribution >= 0.6 is 11.6 Å². The van der Waals surface area contributed by atoms with Crippen molar-refractivity contribution in [2.24, 2.45) is 0 Å². The van der Waals surface area contributed by atoms with E-state index < -0.39 is 18.2 Å². The minimum absolute atomic E-state index is 0.0595. The summed E-state index contributed by atoms with van der Waals surface area (Å²) in [5, 5.41) is 6.29. The average molecular weight is 506 g/mol. The van der Waals surface area contributed by atoms with Crippen LogP contribution in [0.5, 0.6) is 0 Å². The van der Waals surface area contributed by atoms with Crippen LogP contribution in [0.25, 0.3) is 0 Å². The molecule has 0 radical (unpaired) electrons. The quantitative estimate of drug-likeness (QED) is 0.419. The lowest BCUT2D eigenvalue weighted by Gasteiger charge is -2.26. The number of anilines is 1. The van der Waals surface area contributed by atoms with Crippen LogP contribution in [0.2, 0.25) is 5.02 Å². The Kier molecular flexibility index (Phi) is 7.90. The average Bonchev–Trinajstić information content (AvgIpc) is 3.20. The van der Waals surface area contributed by atoms with Gasteiger partial charge < -0.3 is 15.4 Å². The van der Waals surface area contributed by atoms with E-state index >= 15 is 0 Å². The van der Waals surface area contributed by atoms with Crippen molar-refractivity contribution in [3.63, 3.8) is 0 Å².